The summed E-state index contributed by atoms with van der Waals surface area (Å²) in [6.45, 7) is 1.76. The van der Waals surface area contributed by atoms with E-state index in [0.717, 1.165) is 23.4 Å². The average molecular weight is 374 g/mol. The fourth-order valence-corrected chi connectivity index (χ4v) is 3.71. The van der Waals surface area contributed by atoms with E-state index in [1.807, 2.05) is 41.3 Å². The van der Waals surface area contributed by atoms with Gasteiger partial charge in [0.15, 0.2) is 0 Å². The molecule has 1 atom stereocenters. The third-order valence-electron chi connectivity index (χ3n) is 5.08. The van der Waals surface area contributed by atoms with E-state index in [-0.39, 0.29) is 11.9 Å². The Balaban J connectivity index is 1.62. The van der Waals surface area contributed by atoms with Crippen molar-refractivity contribution in [1.29, 1.82) is 0 Å². The number of hydrogen-bond acceptors (Lipinski definition) is 2. The van der Waals surface area contributed by atoms with Gasteiger partial charge in [-0.2, -0.15) is 0 Å². The molecule has 0 saturated heterocycles. The number of carbonyl (C=O) groups is 2. The van der Waals surface area contributed by atoms with Crippen LogP contribution in [0.3, 0.4) is 0 Å². The molecular weight excluding hydrogens is 352 g/mol. The van der Waals surface area contributed by atoms with Crippen molar-refractivity contribution in [2.24, 2.45) is 5.73 Å². The van der Waals surface area contributed by atoms with Gasteiger partial charge >= 0.3 is 6.03 Å². The van der Waals surface area contributed by atoms with Crippen LogP contribution >= 0.6 is 0 Å². The maximum absolute atomic E-state index is 13.3. The number of nitrogens with one attached hydrogen (secondary N) is 1. The molecule has 3 N–H and O–H groups in total. The minimum atomic E-state index is -0.567. The molecule has 0 fully saturated rings. The Bertz CT molecular complexity index is 979. The Morgan fingerprint density at radius 2 is 1.71 bits per heavy atom. The summed E-state index contributed by atoms with van der Waals surface area (Å²) in [5, 5.41) is 2.55. The number of amides is 3. The van der Waals surface area contributed by atoms with Crippen molar-refractivity contribution in [3.63, 3.8) is 0 Å². The molecule has 0 unspecified atom stereocenters. The van der Waals surface area contributed by atoms with Crippen molar-refractivity contribution in [1.82, 2.24) is 14.8 Å². The molecule has 2 heterocycles. The Morgan fingerprint density at radius 1 is 0.964 bits per heavy atom. The van der Waals surface area contributed by atoms with Crippen LogP contribution in [-0.2, 0) is 13.1 Å². The lowest BCUT2D eigenvalue weighted by Crippen LogP contribution is -2.42. The zero-order chi connectivity index (χ0) is 19.5. The topological polar surface area (TPSA) is 80.4 Å². The summed E-state index contributed by atoms with van der Waals surface area (Å²) in [7, 11) is 0. The molecule has 1 aromatic heterocycles. The van der Waals surface area contributed by atoms with Crippen LogP contribution in [-0.4, -0.2) is 28.0 Å². The van der Waals surface area contributed by atoms with Crippen LogP contribution in [0.4, 0.5) is 4.79 Å². The largest absolute Gasteiger partial charge is 0.352 e. The summed E-state index contributed by atoms with van der Waals surface area (Å²) >= 11 is 0. The van der Waals surface area contributed by atoms with E-state index in [9.17, 15) is 9.59 Å². The lowest BCUT2D eigenvalue weighted by Gasteiger charge is -2.37. The Morgan fingerprint density at radius 3 is 2.43 bits per heavy atom. The number of primary amides is 1. The molecule has 142 valence electrons. The van der Waals surface area contributed by atoms with Gasteiger partial charge in [0.25, 0.3) is 5.91 Å². The summed E-state index contributed by atoms with van der Waals surface area (Å²) < 4.78 is 2.21. The maximum Gasteiger partial charge on any atom is 0.312 e. The smallest absolute Gasteiger partial charge is 0.312 e. The standard InChI is InChI=1S/C22H22N4O2/c23-22(28)24-15-16-8-10-18(11-9-16)21(27)26-14-13-25-12-4-7-19(25)20(26)17-5-2-1-3-6-17/h1-12,20H,13-15H2,(H3,23,24,28)/t20-/m1/s1. The number of hydrogen-bond donors (Lipinski definition) is 2. The van der Waals surface area contributed by atoms with Crippen molar-refractivity contribution < 1.29 is 9.59 Å². The number of carbonyl (C=O) groups excluding carboxylic acids is 2. The monoisotopic (exact) mass is 374 g/mol. The molecule has 4 rings (SSSR count). The summed E-state index contributed by atoms with van der Waals surface area (Å²) in [5.74, 6) is -0.00397. The average Bonchev–Trinajstić information content (AvgIpc) is 3.21. The van der Waals surface area contributed by atoms with Gasteiger partial charge in [-0.1, -0.05) is 42.5 Å². The lowest BCUT2D eigenvalue weighted by molar-refractivity contribution is 0.0664. The minimum absolute atomic E-state index is 0.00397. The molecule has 1 aliphatic heterocycles. The van der Waals surface area contributed by atoms with Crippen LogP contribution in [0, 0.1) is 0 Å². The summed E-state index contributed by atoms with van der Waals surface area (Å²) in [5.41, 5.74) is 8.84. The van der Waals surface area contributed by atoms with Gasteiger partial charge in [-0.25, -0.2) is 4.79 Å². The van der Waals surface area contributed by atoms with Gasteiger partial charge in [0.2, 0.25) is 0 Å². The summed E-state index contributed by atoms with van der Waals surface area (Å²) in [6.07, 6.45) is 2.06. The SMILES string of the molecule is NC(=O)NCc1ccc(C(=O)N2CCn3cccc3[C@H]2c2ccccc2)cc1. The van der Waals surface area contributed by atoms with Gasteiger partial charge in [-0.15, -0.1) is 0 Å². The van der Waals surface area contributed by atoms with E-state index in [2.05, 4.69) is 34.3 Å². The molecule has 0 saturated carbocycles. The second-order valence-electron chi connectivity index (χ2n) is 6.85. The first-order valence-corrected chi connectivity index (χ1v) is 9.26. The number of aromatic nitrogens is 1. The number of nitrogens with two attached hydrogens (primary N) is 1. The van der Waals surface area contributed by atoms with Gasteiger partial charge in [0.05, 0.1) is 6.04 Å². The summed E-state index contributed by atoms with van der Waals surface area (Å²) in [6, 6.07) is 20.8. The third-order valence-corrected chi connectivity index (χ3v) is 5.08. The number of benzene rings is 2. The van der Waals surface area contributed by atoms with Crippen LogP contribution in [0.25, 0.3) is 0 Å². The predicted molar refractivity (Wildman–Crippen MR) is 107 cm³/mol. The zero-order valence-corrected chi connectivity index (χ0v) is 15.4. The van der Waals surface area contributed by atoms with E-state index in [1.54, 1.807) is 12.1 Å². The molecule has 0 spiro atoms. The Labute approximate surface area is 163 Å². The third kappa shape index (κ3) is 3.49. The van der Waals surface area contributed by atoms with Crippen molar-refractivity contribution >= 4 is 11.9 Å². The van der Waals surface area contributed by atoms with Crippen molar-refractivity contribution in [2.45, 2.75) is 19.1 Å². The second kappa shape index (κ2) is 7.60. The normalized spacial score (nSPS) is 15.7. The molecule has 0 radical (unpaired) electrons. The van der Waals surface area contributed by atoms with Gasteiger partial charge in [-0.3, -0.25) is 4.79 Å². The van der Waals surface area contributed by atoms with Crippen LogP contribution in [0.2, 0.25) is 0 Å². The van der Waals surface area contributed by atoms with Crippen molar-refractivity contribution in [2.75, 3.05) is 6.54 Å². The van der Waals surface area contributed by atoms with E-state index in [4.69, 9.17) is 5.73 Å². The highest BCUT2D eigenvalue weighted by molar-refractivity contribution is 5.95. The van der Waals surface area contributed by atoms with Crippen LogP contribution in [0.15, 0.2) is 72.9 Å². The predicted octanol–water partition coefficient (Wildman–Crippen LogP) is 2.90. The zero-order valence-electron chi connectivity index (χ0n) is 15.4. The maximum atomic E-state index is 13.3. The molecule has 3 aromatic rings. The first kappa shape index (κ1) is 17.9. The molecule has 0 bridgehead atoms. The fraction of sp³-hybridized carbons (Fsp3) is 0.182. The van der Waals surface area contributed by atoms with Crippen molar-refractivity contribution in [3.05, 3.63) is 95.3 Å². The minimum Gasteiger partial charge on any atom is -0.352 e. The van der Waals surface area contributed by atoms with Crippen molar-refractivity contribution in [3.8, 4) is 0 Å². The van der Waals surface area contributed by atoms with E-state index < -0.39 is 6.03 Å². The van der Waals surface area contributed by atoms with E-state index in [0.29, 0.717) is 18.7 Å². The fourth-order valence-electron chi connectivity index (χ4n) is 3.71. The first-order chi connectivity index (χ1) is 13.6. The van der Waals surface area contributed by atoms with Gasteiger partial charge in [0, 0.05) is 37.1 Å². The number of nitrogens with zero attached hydrogens (tertiary/aromatic N) is 2. The molecule has 3 amide bonds. The molecule has 6 heteroatoms. The Kier molecular flexibility index (Phi) is 4.85. The van der Waals surface area contributed by atoms with E-state index in [1.165, 1.54) is 0 Å². The highest BCUT2D eigenvalue weighted by Gasteiger charge is 2.32. The lowest BCUT2D eigenvalue weighted by atomic mass is 9.98. The summed E-state index contributed by atoms with van der Waals surface area (Å²) in [4.78, 5) is 26.1. The quantitative estimate of drug-likeness (QED) is 0.736. The molecular formula is C22H22N4O2. The Hall–Kier alpha value is -3.54. The molecule has 2 aromatic carbocycles. The van der Waals surface area contributed by atoms with E-state index >= 15 is 0 Å². The van der Waals surface area contributed by atoms with Crippen LogP contribution < -0.4 is 11.1 Å². The highest BCUT2D eigenvalue weighted by atomic mass is 16.2. The highest BCUT2D eigenvalue weighted by Crippen LogP contribution is 2.33. The molecule has 1 aliphatic rings. The van der Waals surface area contributed by atoms with Crippen LogP contribution in [0.1, 0.15) is 33.2 Å². The second-order valence-corrected chi connectivity index (χ2v) is 6.85. The van der Waals surface area contributed by atoms with Gasteiger partial charge < -0.3 is 20.5 Å². The van der Waals surface area contributed by atoms with Gasteiger partial charge in [0.1, 0.15) is 0 Å². The molecule has 28 heavy (non-hydrogen) atoms. The van der Waals surface area contributed by atoms with Crippen LogP contribution in [0.5, 0.6) is 0 Å². The number of fused-ring (bicyclic) bond motifs is 1. The number of rotatable bonds is 4. The molecule has 0 aliphatic carbocycles. The molecule has 6 nitrogen and oxygen atoms in total. The van der Waals surface area contributed by atoms with Gasteiger partial charge in [-0.05, 0) is 35.4 Å². The number of urea groups is 1. The first-order valence-electron chi connectivity index (χ1n) is 9.26.